The van der Waals surface area contributed by atoms with E-state index in [9.17, 15) is 4.39 Å². The van der Waals surface area contributed by atoms with E-state index in [0.717, 1.165) is 30.7 Å². The Hall–Kier alpha value is -1.09. The van der Waals surface area contributed by atoms with Gasteiger partial charge >= 0.3 is 0 Å². The fourth-order valence-electron chi connectivity index (χ4n) is 2.71. The Morgan fingerprint density at radius 2 is 2.05 bits per heavy atom. The molecule has 0 bridgehead atoms. The summed E-state index contributed by atoms with van der Waals surface area (Å²) in [5.74, 6) is 0.692. The van der Waals surface area contributed by atoms with Gasteiger partial charge in [-0.05, 0) is 63.8 Å². The second-order valence-corrected chi connectivity index (χ2v) is 5.44. The van der Waals surface area contributed by atoms with Crippen molar-refractivity contribution in [2.45, 2.75) is 58.6 Å². The first-order chi connectivity index (χ1) is 9.11. The predicted molar refractivity (Wildman–Crippen MR) is 76.1 cm³/mol. The van der Waals surface area contributed by atoms with E-state index in [-0.39, 0.29) is 11.9 Å². The van der Waals surface area contributed by atoms with Gasteiger partial charge in [0.05, 0.1) is 6.10 Å². The molecule has 106 valence electrons. The maximum absolute atomic E-state index is 13.8. The number of nitrogens with one attached hydrogen (secondary N) is 1. The van der Waals surface area contributed by atoms with Crippen molar-refractivity contribution in [3.8, 4) is 5.75 Å². The van der Waals surface area contributed by atoms with E-state index in [1.54, 1.807) is 13.0 Å². The van der Waals surface area contributed by atoms with Gasteiger partial charge in [0, 0.05) is 11.6 Å². The Morgan fingerprint density at radius 1 is 1.37 bits per heavy atom. The van der Waals surface area contributed by atoms with E-state index < -0.39 is 0 Å². The van der Waals surface area contributed by atoms with Crippen LogP contribution in [0.15, 0.2) is 12.1 Å². The molecular formula is C16H24FNO. The predicted octanol–water partition coefficient (Wildman–Crippen LogP) is 4.13. The minimum atomic E-state index is -0.154. The monoisotopic (exact) mass is 265 g/mol. The van der Waals surface area contributed by atoms with Crippen LogP contribution >= 0.6 is 0 Å². The third-order valence-electron chi connectivity index (χ3n) is 3.86. The number of aryl methyl sites for hydroxylation is 1. The molecule has 0 aromatic heterocycles. The molecule has 0 amide bonds. The number of benzene rings is 1. The maximum Gasteiger partial charge on any atom is 0.126 e. The average Bonchev–Trinajstić information content (AvgIpc) is 2.86. The third kappa shape index (κ3) is 3.47. The molecule has 0 radical (unpaired) electrons. The van der Waals surface area contributed by atoms with Crippen molar-refractivity contribution in [3.63, 3.8) is 0 Å². The highest BCUT2D eigenvalue weighted by Gasteiger charge is 2.20. The first-order valence-electron chi connectivity index (χ1n) is 7.32. The Kier molecular flexibility index (Phi) is 4.81. The minimum absolute atomic E-state index is 0.108. The molecule has 0 spiro atoms. The molecule has 3 heteroatoms. The lowest BCUT2D eigenvalue weighted by Crippen LogP contribution is -2.20. The highest BCUT2D eigenvalue weighted by Crippen LogP contribution is 2.32. The van der Waals surface area contributed by atoms with Gasteiger partial charge in [0.2, 0.25) is 0 Å². The van der Waals surface area contributed by atoms with E-state index in [1.807, 2.05) is 6.07 Å². The molecule has 1 unspecified atom stereocenters. The molecule has 1 saturated carbocycles. The summed E-state index contributed by atoms with van der Waals surface area (Å²) in [4.78, 5) is 0. The molecule has 1 atom stereocenters. The molecule has 0 heterocycles. The number of halogens is 1. The first-order valence-corrected chi connectivity index (χ1v) is 7.32. The van der Waals surface area contributed by atoms with Gasteiger partial charge in [-0.25, -0.2) is 4.39 Å². The second-order valence-electron chi connectivity index (χ2n) is 5.44. The lowest BCUT2D eigenvalue weighted by molar-refractivity contribution is 0.206. The lowest BCUT2D eigenvalue weighted by atomic mass is 10.0. The van der Waals surface area contributed by atoms with E-state index in [1.165, 1.54) is 12.8 Å². The van der Waals surface area contributed by atoms with Gasteiger partial charge in [-0.15, -0.1) is 0 Å². The van der Waals surface area contributed by atoms with Gasteiger partial charge < -0.3 is 10.1 Å². The van der Waals surface area contributed by atoms with Crippen LogP contribution in [0.4, 0.5) is 4.39 Å². The number of rotatable bonds is 5. The van der Waals surface area contributed by atoms with Crippen LogP contribution in [-0.2, 0) is 0 Å². The minimum Gasteiger partial charge on any atom is -0.490 e. The zero-order valence-corrected chi connectivity index (χ0v) is 12.1. The Morgan fingerprint density at radius 3 is 2.68 bits per heavy atom. The highest BCUT2D eigenvalue weighted by atomic mass is 19.1. The summed E-state index contributed by atoms with van der Waals surface area (Å²) >= 11 is 0. The van der Waals surface area contributed by atoms with Crippen LogP contribution in [0.25, 0.3) is 0 Å². The van der Waals surface area contributed by atoms with Crippen LogP contribution in [0.3, 0.4) is 0 Å². The Bertz CT molecular complexity index is 427. The maximum atomic E-state index is 13.8. The molecular weight excluding hydrogens is 241 g/mol. The fourth-order valence-corrected chi connectivity index (χ4v) is 2.71. The lowest BCUT2D eigenvalue weighted by Gasteiger charge is -2.21. The van der Waals surface area contributed by atoms with Crippen LogP contribution in [0.1, 0.15) is 56.7 Å². The summed E-state index contributed by atoms with van der Waals surface area (Å²) in [5, 5.41) is 3.33. The van der Waals surface area contributed by atoms with Gasteiger partial charge in [-0.3, -0.25) is 0 Å². The van der Waals surface area contributed by atoms with Crippen molar-refractivity contribution in [1.29, 1.82) is 0 Å². The molecule has 19 heavy (non-hydrogen) atoms. The normalized spacial score (nSPS) is 17.7. The van der Waals surface area contributed by atoms with Crippen molar-refractivity contribution < 1.29 is 9.13 Å². The second kappa shape index (κ2) is 6.38. The summed E-state index contributed by atoms with van der Waals surface area (Å²) in [6.07, 6.45) is 5.01. The zero-order valence-electron chi connectivity index (χ0n) is 12.1. The average molecular weight is 265 g/mol. The van der Waals surface area contributed by atoms with Crippen LogP contribution in [0, 0.1) is 12.7 Å². The molecule has 1 N–H and O–H groups in total. The van der Waals surface area contributed by atoms with Crippen molar-refractivity contribution in [1.82, 2.24) is 5.32 Å². The summed E-state index contributed by atoms with van der Waals surface area (Å²) in [6, 6.07) is 3.57. The van der Waals surface area contributed by atoms with Gasteiger partial charge in [0.15, 0.2) is 0 Å². The standard InChI is InChI=1S/C16H24FNO/c1-4-18-12(3)14-10-15(17)11(2)9-16(14)19-13-7-5-6-8-13/h9-10,12-13,18H,4-8H2,1-3H3. The molecule has 1 aliphatic rings. The highest BCUT2D eigenvalue weighted by molar-refractivity contribution is 5.40. The summed E-state index contributed by atoms with van der Waals surface area (Å²) in [5.41, 5.74) is 1.58. The molecule has 0 aliphatic heterocycles. The first kappa shape index (κ1) is 14.3. The zero-order chi connectivity index (χ0) is 13.8. The molecule has 1 aromatic rings. The van der Waals surface area contributed by atoms with E-state index in [4.69, 9.17) is 4.74 Å². The Labute approximate surface area is 115 Å². The van der Waals surface area contributed by atoms with Gasteiger partial charge in [0.25, 0.3) is 0 Å². The quantitative estimate of drug-likeness (QED) is 0.864. The van der Waals surface area contributed by atoms with Crippen LogP contribution < -0.4 is 10.1 Å². The summed E-state index contributed by atoms with van der Waals surface area (Å²) in [6.45, 7) is 6.76. The van der Waals surface area contributed by atoms with E-state index >= 15 is 0 Å². The van der Waals surface area contributed by atoms with Gasteiger partial charge in [-0.1, -0.05) is 6.92 Å². The Balaban J connectivity index is 2.24. The van der Waals surface area contributed by atoms with Crippen molar-refractivity contribution >= 4 is 0 Å². The van der Waals surface area contributed by atoms with Gasteiger partial charge in [0.1, 0.15) is 11.6 Å². The van der Waals surface area contributed by atoms with Gasteiger partial charge in [-0.2, -0.15) is 0 Å². The topological polar surface area (TPSA) is 21.3 Å². The molecule has 2 nitrogen and oxygen atoms in total. The van der Waals surface area contributed by atoms with Crippen molar-refractivity contribution in [2.75, 3.05) is 6.54 Å². The van der Waals surface area contributed by atoms with Crippen LogP contribution in [0.5, 0.6) is 5.75 Å². The fraction of sp³-hybridized carbons (Fsp3) is 0.625. The number of hydrogen-bond acceptors (Lipinski definition) is 2. The molecule has 1 aromatic carbocycles. The summed E-state index contributed by atoms with van der Waals surface area (Å²) in [7, 11) is 0. The van der Waals surface area contributed by atoms with Crippen molar-refractivity contribution in [3.05, 3.63) is 29.1 Å². The van der Waals surface area contributed by atoms with E-state index in [2.05, 4.69) is 19.2 Å². The van der Waals surface area contributed by atoms with E-state index in [0.29, 0.717) is 11.7 Å². The summed E-state index contributed by atoms with van der Waals surface area (Å²) < 4.78 is 19.9. The molecule has 1 fully saturated rings. The number of hydrogen-bond donors (Lipinski definition) is 1. The smallest absolute Gasteiger partial charge is 0.126 e. The molecule has 2 rings (SSSR count). The van der Waals surface area contributed by atoms with Crippen LogP contribution in [-0.4, -0.2) is 12.6 Å². The largest absolute Gasteiger partial charge is 0.490 e. The van der Waals surface area contributed by atoms with Crippen molar-refractivity contribution in [2.24, 2.45) is 0 Å². The third-order valence-corrected chi connectivity index (χ3v) is 3.86. The molecule has 0 saturated heterocycles. The molecule has 1 aliphatic carbocycles. The SMILES string of the molecule is CCNC(C)c1cc(F)c(C)cc1OC1CCCC1. The number of ether oxygens (including phenoxy) is 1. The van der Waals surface area contributed by atoms with Crippen LogP contribution in [0.2, 0.25) is 0 Å².